The van der Waals surface area contributed by atoms with Gasteiger partial charge in [-0.15, -0.1) is 0 Å². The van der Waals surface area contributed by atoms with Crippen molar-refractivity contribution in [2.45, 2.75) is 19.6 Å². The summed E-state index contributed by atoms with van der Waals surface area (Å²) in [4.78, 5) is 11.2. The molecule has 0 aromatic carbocycles. The van der Waals surface area contributed by atoms with Crippen molar-refractivity contribution in [3.63, 3.8) is 0 Å². The second kappa shape index (κ2) is 4.35. The van der Waals surface area contributed by atoms with Gasteiger partial charge in [0.2, 0.25) is 0 Å². The molecule has 0 amide bonds. The summed E-state index contributed by atoms with van der Waals surface area (Å²) < 4.78 is 37.5. The van der Waals surface area contributed by atoms with Crippen LogP contribution in [0.1, 0.15) is 5.69 Å². The lowest BCUT2D eigenvalue weighted by Crippen LogP contribution is -2.32. The smallest absolute Gasteiger partial charge is 0.268 e. The number of rotatable bonds is 2. The third-order valence-corrected chi connectivity index (χ3v) is 1.91. The van der Waals surface area contributed by atoms with E-state index in [0.29, 0.717) is 10.4 Å². The average molecular weight is 231 g/mol. The van der Waals surface area contributed by atoms with Gasteiger partial charge in [0.05, 0.1) is 18.3 Å². The van der Waals surface area contributed by atoms with Crippen LogP contribution in [0, 0.1) is 24.2 Å². The molecule has 0 N–H and O–H groups in total. The molecular weight excluding hydrogens is 223 g/mol. The van der Waals surface area contributed by atoms with Gasteiger partial charge in [0, 0.05) is 6.07 Å². The molecule has 0 radical (unpaired) electrons. The van der Waals surface area contributed by atoms with Crippen molar-refractivity contribution in [2.75, 3.05) is 0 Å². The molecule has 0 saturated heterocycles. The van der Waals surface area contributed by atoms with Gasteiger partial charge >= 0.3 is 6.18 Å². The van der Waals surface area contributed by atoms with Crippen LogP contribution in [-0.4, -0.2) is 16.0 Å². The molecule has 86 valence electrons. The predicted octanol–water partition coefficient (Wildman–Crippen LogP) is 1.25. The highest BCUT2D eigenvalue weighted by atomic mass is 19.4. The van der Waals surface area contributed by atoms with E-state index < -0.39 is 24.2 Å². The number of hydrogen-bond donors (Lipinski definition) is 0. The molecule has 7 heteroatoms. The number of nitrogens with zero attached hydrogens (tertiary/aromatic N) is 3. The molecule has 4 nitrogen and oxygen atoms in total. The minimum Gasteiger partial charge on any atom is -0.268 e. The highest BCUT2D eigenvalue weighted by Crippen LogP contribution is 2.26. The van der Waals surface area contributed by atoms with Crippen molar-refractivity contribution in [1.29, 1.82) is 5.26 Å². The molecule has 0 aliphatic heterocycles. The van der Waals surface area contributed by atoms with E-state index in [1.165, 1.54) is 6.07 Å². The summed E-state index contributed by atoms with van der Waals surface area (Å²) in [6.45, 7) is 0.769. The lowest BCUT2D eigenvalue weighted by atomic mass is 10.1. The Kier molecular flexibility index (Phi) is 3.32. The van der Waals surface area contributed by atoms with E-state index in [-0.39, 0.29) is 0 Å². The Hall–Kier alpha value is -1.84. The maximum atomic E-state index is 12.3. The Morgan fingerprint density at radius 1 is 1.56 bits per heavy atom. The van der Waals surface area contributed by atoms with Gasteiger partial charge in [-0.1, -0.05) is 0 Å². The lowest BCUT2D eigenvalue weighted by molar-refractivity contribution is -0.162. The second-order valence-corrected chi connectivity index (χ2v) is 3.22. The van der Waals surface area contributed by atoms with Crippen LogP contribution in [0.3, 0.4) is 0 Å². The molecule has 16 heavy (non-hydrogen) atoms. The fourth-order valence-corrected chi connectivity index (χ4v) is 1.07. The number of hydrogen-bond acceptors (Lipinski definition) is 3. The fraction of sp³-hybridized carbons (Fsp3) is 0.444. The number of aromatic nitrogens is 2. The molecule has 0 saturated carbocycles. The van der Waals surface area contributed by atoms with E-state index in [2.05, 4.69) is 5.10 Å². The van der Waals surface area contributed by atoms with Gasteiger partial charge in [0.1, 0.15) is 0 Å². The Labute approximate surface area is 88.9 Å². The Morgan fingerprint density at radius 2 is 2.19 bits per heavy atom. The maximum Gasteiger partial charge on any atom is 0.406 e. The van der Waals surface area contributed by atoms with Gasteiger partial charge in [0.25, 0.3) is 5.56 Å². The van der Waals surface area contributed by atoms with Crippen LogP contribution in [0.4, 0.5) is 13.2 Å². The predicted molar refractivity (Wildman–Crippen MR) is 48.4 cm³/mol. The molecule has 0 bridgehead atoms. The Morgan fingerprint density at radius 3 is 2.69 bits per heavy atom. The molecule has 1 unspecified atom stereocenters. The van der Waals surface area contributed by atoms with Gasteiger partial charge < -0.3 is 0 Å². The minimum atomic E-state index is -4.65. The van der Waals surface area contributed by atoms with Crippen LogP contribution >= 0.6 is 0 Å². The molecule has 1 heterocycles. The van der Waals surface area contributed by atoms with E-state index >= 15 is 0 Å². The van der Waals surface area contributed by atoms with Crippen LogP contribution in [0.2, 0.25) is 0 Å². The number of aryl methyl sites for hydroxylation is 1. The standard InChI is InChI=1S/C9H8F3N3O/c1-6-2-3-8(16)15(14-6)5-7(4-13)9(10,11)12/h2-3,7H,5H2,1H3. The molecule has 0 aliphatic rings. The topological polar surface area (TPSA) is 58.7 Å². The van der Waals surface area contributed by atoms with Crippen molar-refractivity contribution in [3.8, 4) is 6.07 Å². The zero-order valence-corrected chi connectivity index (χ0v) is 8.32. The van der Waals surface area contributed by atoms with E-state index in [9.17, 15) is 18.0 Å². The van der Waals surface area contributed by atoms with Crippen LogP contribution < -0.4 is 5.56 Å². The summed E-state index contributed by atoms with van der Waals surface area (Å²) in [5.41, 5.74) is -0.242. The first-order valence-electron chi connectivity index (χ1n) is 4.35. The van der Waals surface area contributed by atoms with Crippen LogP contribution in [-0.2, 0) is 6.54 Å². The van der Waals surface area contributed by atoms with Crippen molar-refractivity contribution >= 4 is 0 Å². The normalized spacial score (nSPS) is 13.2. The van der Waals surface area contributed by atoms with Gasteiger partial charge in [-0.05, 0) is 13.0 Å². The van der Waals surface area contributed by atoms with Crippen molar-refractivity contribution < 1.29 is 13.2 Å². The SMILES string of the molecule is Cc1ccc(=O)n(CC(C#N)C(F)(F)F)n1. The largest absolute Gasteiger partial charge is 0.406 e. The zero-order chi connectivity index (χ0) is 12.3. The molecule has 0 spiro atoms. The molecule has 1 aromatic heterocycles. The van der Waals surface area contributed by atoms with Crippen molar-refractivity contribution in [1.82, 2.24) is 9.78 Å². The first kappa shape index (κ1) is 12.2. The van der Waals surface area contributed by atoms with Crippen molar-refractivity contribution in [2.24, 2.45) is 5.92 Å². The number of alkyl halides is 3. The fourth-order valence-electron chi connectivity index (χ4n) is 1.07. The summed E-state index contributed by atoms with van der Waals surface area (Å²) in [7, 11) is 0. The van der Waals surface area contributed by atoms with E-state index in [4.69, 9.17) is 5.26 Å². The van der Waals surface area contributed by atoms with Crippen LogP contribution in [0.25, 0.3) is 0 Å². The Bertz CT molecular complexity index is 472. The van der Waals surface area contributed by atoms with E-state index in [1.807, 2.05) is 0 Å². The van der Waals surface area contributed by atoms with E-state index in [1.54, 1.807) is 6.92 Å². The second-order valence-electron chi connectivity index (χ2n) is 3.22. The quantitative estimate of drug-likeness (QED) is 0.769. The summed E-state index contributed by atoms with van der Waals surface area (Å²) in [5, 5.41) is 12.0. The monoisotopic (exact) mass is 231 g/mol. The first-order valence-corrected chi connectivity index (χ1v) is 4.35. The molecule has 0 fully saturated rings. The third-order valence-electron chi connectivity index (χ3n) is 1.91. The Balaban J connectivity index is 3.01. The molecule has 1 aromatic rings. The van der Waals surface area contributed by atoms with Gasteiger partial charge in [-0.25, -0.2) is 4.68 Å². The van der Waals surface area contributed by atoms with Crippen LogP contribution in [0.5, 0.6) is 0 Å². The molecule has 0 aliphatic carbocycles. The highest BCUT2D eigenvalue weighted by Gasteiger charge is 2.40. The summed E-state index contributed by atoms with van der Waals surface area (Å²) in [5.74, 6) is -2.22. The molecule has 1 atom stereocenters. The van der Waals surface area contributed by atoms with Gasteiger partial charge in [-0.2, -0.15) is 23.5 Å². The van der Waals surface area contributed by atoms with Crippen LogP contribution in [0.15, 0.2) is 16.9 Å². The van der Waals surface area contributed by atoms with Crippen molar-refractivity contribution in [3.05, 3.63) is 28.2 Å². The average Bonchev–Trinajstić information content (AvgIpc) is 2.17. The maximum absolute atomic E-state index is 12.3. The zero-order valence-electron chi connectivity index (χ0n) is 8.32. The third kappa shape index (κ3) is 2.82. The summed E-state index contributed by atoms with van der Waals surface area (Å²) in [6.07, 6.45) is -4.65. The lowest BCUT2D eigenvalue weighted by Gasteiger charge is -2.13. The van der Waals surface area contributed by atoms with Gasteiger partial charge in [0.15, 0.2) is 5.92 Å². The number of nitriles is 1. The number of halogens is 3. The first-order chi connectivity index (χ1) is 7.34. The highest BCUT2D eigenvalue weighted by molar-refractivity contribution is 4.98. The molecular formula is C9H8F3N3O. The minimum absolute atomic E-state index is 0.415. The summed E-state index contributed by atoms with van der Waals surface area (Å²) in [6, 6.07) is 3.63. The summed E-state index contributed by atoms with van der Waals surface area (Å²) >= 11 is 0. The van der Waals surface area contributed by atoms with Gasteiger partial charge in [-0.3, -0.25) is 4.79 Å². The van der Waals surface area contributed by atoms with E-state index in [0.717, 1.165) is 12.1 Å². The molecule has 1 rings (SSSR count).